The molecule has 0 atom stereocenters. The van der Waals surface area contributed by atoms with Crippen LogP contribution in [0.3, 0.4) is 0 Å². The minimum absolute atomic E-state index is 0.103. The lowest BCUT2D eigenvalue weighted by molar-refractivity contribution is 0.291. The summed E-state index contributed by atoms with van der Waals surface area (Å²) in [5.41, 5.74) is 0. The summed E-state index contributed by atoms with van der Waals surface area (Å²) in [4.78, 5) is 0. The molecule has 0 bridgehead atoms. The van der Waals surface area contributed by atoms with Gasteiger partial charge in [0.2, 0.25) is 10.9 Å². The third-order valence-corrected chi connectivity index (χ3v) is 1.58. The maximum absolute atomic E-state index is 5.77. The Bertz CT molecular complexity index is 357. The maximum atomic E-state index is 5.77. The van der Waals surface area contributed by atoms with E-state index in [4.69, 9.17) is 21.1 Å². The zero-order valence-electron chi connectivity index (χ0n) is 8.02. The predicted octanol–water partition coefficient (Wildman–Crippen LogP) is 1.65. The molecule has 1 heterocycles. The first-order valence-electron chi connectivity index (χ1n) is 4.15. The summed E-state index contributed by atoms with van der Waals surface area (Å²) >= 11 is 5.77. The minimum atomic E-state index is 0.103. The van der Waals surface area contributed by atoms with Crippen LogP contribution in [0.1, 0.15) is 0 Å². The third-order valence-electron chi connectivity index (χ3n) is 1.33. The van der Waals surface area contributed by atoms with Gasteiger partial charge >= 0.3 is 0 Å². The molecule has 0 aromatic carbocycles. The summed E-state index contributed by atoms with van der Waals surface area (Å²) < 4.78 is 10.4. The van der Waals surface area contributed by atoms with Gasteiger partial charge in [0.1, 0.15) is 13.2 Å². The van der Waals surface area contributed by atoms with Gasteiger partial charge in [-0.2, -0.15) is 0 Å². The highest BCUT2D eigenvalue weighted by atomic mass is 35.5. The van der Waals surface area contributed by atoms with Gasteiger partial charge in [0, 0.05) is 0 Å². The van der Waals surface area contributed by atoms with E-state index in [0.717, 1.165) is 0 Å². The summed E-state index contributed by atoms with van der Waals surface area (Å²) in [6, 6.07) is 0. The molecular formula is C9H10ClN3O2. The lowest BCUT2D eigenvalue weighted by atomic mass is 10.5. The average molecular weight is 228 g/mol. The van der Waals surface area contributed by atoms with Crippen molar-refractivity contribution < 1.29 is 9.47 Å². The average Bonchev–Trinajstić information content (AvgIpc) is 2.25. The van der Waals surface area contributed by atoms with Crippen LogP contribution in [0.25, 0.3) is 0 Å². The van der Waals surface area contributed by atoms with E-state index in [1.807, 2.05) is 0 Å². The fourth-order valence-electron chi connectivity index (χ4n) is 0.777. The first-order chi connectivity index (χ1) is 7.29. The van der Waals surface area contributed by atoms with Crippen molar-refractivity contribution in [3.63, 3.8) is 0 Å². The minimum Gasteiger partial charge on any atom is -0.481 e. The third kappa shape index (κ3) is 3.21. The van der Waals surface area contributed by atoms with Gasteiger partial charge in [-0.1, -0.05) is 42.0 Å². The largest absolute Gasteiger partial charge is 0.481 e. The van der Waals surface area contributed by atoms with Crippen LogP contribution >= 0.6 is 11.6 Å². The van der Waals surface area contributed by atoms with Crippen molar-refractivity contribution in [2.24, 2.45) is 0 Å². The Morgan fingerprint density at radius 2 is 1.80 bits per heavy atom. The Morgan fingerprint density at radius 1 is 1.13 bits per heavy atom. The van der Waals surface area contributed by atoms with Gasteiger partial charge in [0.05, 0.1) is 0 Å². The highest BCUT2D eigenvalue weighted by Crippen LogP contribution is 2.29. The Balaban J connectivity index is 2.86. The van der Waals surface area contributed by atoms with Crippen molar-refractivity contribution in [3.05, 3.63) is 30.5 Å². The second-order valence-corrected chi connectivity index (χ2v) is 2.77. The smallest absolute Gasteiger partial charge is 0.281 e. The highest BCUT2D eigenvalue weighted by molar-refractivity contribution is 6.30. The molecule has 0 saturated carbocycles. The van der Waals surface area contributed by atoms with Gasteiger partial charge in [-0.25, -0.2) is 0 Å². The van der Waals surface area contributed by atoms with Crippen LogP contribution in [-0.4, -0.2) is 28.6 Å². The molecule has 80 valence electrons. The molecule has 1 rings (SSSR count). The molecule has 6 heteroatoms. The topological polar surface area (TPSA) is 57.1 Å². The van der Waals surface area contributed by atoms with Crippen LogP contribution in [0.4, 0.5) is 0 Å². The van der Waals surface area contributed by atoms with Crippen LogP contribution in [0.2, 0.25) is 5.15 Å². The number of ether oxygens (including phenoxy) is 2. The van der Waals surface area contributed by atoms with Crippen LogP contribution in [0.15, 0.2) is 25.3 Å². The Kier molecular flexibility index (Phi) is 4.56. The van der Waals surface area contributed by atoms with Gasteiger partial charge in [-0.05, 0) is 5.21 Å². The molecule has 0 radical (unpaired) electrons. The predicted molar refractivity (Wildman–Crippen MR) is 56.2 cm³/mol. The van der Waals surface area contributed by atoms with E-state index in [-0.39, 0.29) is 23.4 Å². The van der Waals surface area contributed by atoms with Crippen molar-refractivity contribution in [1.82, 2.24) is 15.4 Å². The molecule has 1 aromatic heterocycles. The van der Waals surface area contributed by atoms with E-state index in [9.17, 15) is 0 Å². The number of aromatic nitrogens is 3. The van der Waals surface area contributed by atoms with E-state index >= 15 is 0 Å². The first-order valence-corrected chi connectivity index (χ1v) is 4.53. The SMILES string of the molecule is C=CCOc1nnnc(Cl)c1OCC=C. The number of rotatable bonds is 6. The zero-order valence-corrected chi connectivity index (χ0v) is 8.78. The summed E-state index contributed by atoms with van der Waals surface area (Å²) in [7, 11) is 0. The normalized spacial score (nSPS) is 9.40. The molecule has 0 amide bonds. The van der Waals surface area contributed by atoms with Gasteiger partial charge in [-0.15, -0.1) is 5.10 Å². The number of nitrogens with zero attached hydrogens (tertiary/aromatic N) is 3. The molecule has 0 saturated heterocycles. The summed E-state index contributed by atoms with van der Waals surface area (Å²) in [6.45, 7) is 7.61. The maximum Gasteiger partial charge on any atom is 0.281 e. The molecule has 0 N–H and O–H groups in total. The Hall–Kier alpha value is -1.62. The van der Waals surface area contributed by atoms with Crippen LogP contribution in [0, 0.1) is 0 Å². The summed E-state index contributed by atoms with van der Waals surface area (Å²) in [6.07, 6.45) is 3.15. The van der Waals surface area contributed by atoms with Crippen LogP contribution in [0.5, 0.6) is 11.6 Å². The van der Waals surface area contributed by atoms with Crippen molar-refractivity contribution in [3.8, 4) is 11.6 Å². The fourth-order valence-corrected chi connectivity index (χ4v) is 0.946. The number of hydrogen-bond donors (Lipinski definition) is 0. The molecular weight excluding hydrogens is 218 g/mol. The second-order valence-electron chi connectivity index (χ2n) is 2.41. The van der Waals surface area contributed by atoms with Gasteiger partial charge < -0.3 is 9.47 Å². The quantitative estimate of drug-likeness (QED) is 0.692. The number of hydrogen-bond acceptors (Lipinski definition) is 5. The van der Waals surface area contributed by atoms with Gasteiger partial charge in [0.25, 0.3) is 5.88 Å². The Morgan fingerprint density at radius 3 is 2.47 bits per heavy atom. The molecule has 0 fully saturated rings. The lowest BCUT2D eigenvalue weighted by Crippen LogP contribution is -2.04. The van der Waals surface area contributed by atoms with Crippen molar-refractivity contribution in [2.75, 3.05) is 13.2 Å². The molecule has 0 spiro atoms. The molecule has 0 aliphatic carbocycles. The van der Waals surface area contributed by atoms with Gasteiger partial charge in [0.15, 0.2) is 0 Å². The van der Waals surface area contributed by atoms with Crippen LogP contribution in [-0.2, 0) is 0 Å². The standard InChI is InChI=1S/C9H10ClN3O2/c1-3-5-14-7-8(10)11-13-12-9(7)15-6-4-2/h3-4H,1-2,5-6H2. The second kappa shape index (κ2) is 5.98. The van der Waals surface area contributed by atoms with E-state index < -0.39 is 0 Å². The molecule has 0 aliphatic heterocycles. The Labute approximate surface area is 92.4 Å². The van der Waals surface area contributed by atoms with E-state index in [0.29, 0.717) is 6.61 Å². The zero-order chi connectivity index (χ0) is 11.1. The van der Waals surface area contributed by atoms with E-state index in [2.05, 4.69) is 28.6 Å². The fraction of sp³-hybridized carbons (Fsp3) is 0.222. The van der Waals surface area contributed by atoms with Crippen molar-refractivity contribution in [1.29, 1.82) is 0 Å². The lowest BCUT2D eigenvalue weighted by Gasteiger charge is -2.08. The first kappa shape index (κ1) is 11.5. The monoisotopic (exact) mass is 227 g/mol. The summed E-state index contributed by atoms with van der Waals surface area (Å²) in [5.74, 6) is 0.449. The molecule has 0 aliphatic rings. The molecule has 1 aromatic rings. The van der Waals surface area contributed by atoms with Crippen LogP contribution < -0.4 is 9.47 Å². The molecule has 5 nitrogen and oxygen atoms in total. The number of halogens is 1. The summed E-state index contributed by atoms with van der Waals surface area (Å²) in [5, 5.41) is 10.7. The highest BCUT2D eigenvalue weighted by Gasteiger charge is 2.13. The molecule has 15 heavy (non-hydrogen) atoms. The molecule has 0 unspecified atom stereocenters. The van der Waals surface area contributed by atoms with Gasteiger partial charge in [-0.3, -0.25) is 0 Å². The van der Waals surface area contributed by atoms with E-state index in [1.54, 1.807) is 12.2 Å². The van der Waals surface area contributed by atoms with Crippen molar-refractivity contribution >= 4 is 11.6 Å². The van der Waals surface area contributed by atoms with E-state index in [1.165, 1.54) is 0 Å². The van der Waals surface area contributed by atoms with Crippen molar-refractivity contribution in [2.45, 2.75) is 0 Å².